The van der Waals surface area contributed by atoms with E-state index in [1.807, 2.05) is 13.8 Å². The highest BCUT2D eigenvalue weighted by Gasteiger charge is 2.42. The minimum Gasteiger partial charge on any atom is -0.456 e. The van der Waals surface area contributed by atoms with E-state index in [0.29, 0.717) is 18.1 Å². The van der Waals surface area contributed by atoms with Gasteiger partial charge >= 0.3 is 0 Å². The number of ether oxygens (including phenoxy) is 2. The van der Waals surface area contributed by atoms with Gasteiger partial charge in [-0.3, -0.25) is 4.79 Å². The highest BCUT2D eigenvalue weighted by molar-refractivity contribution is 5.96. The van der Waals surface area contributed by atoms with Crippen molar-refractivity contribution in [2.24, 2.45) is 11.8 Å². The molecule has 1 saturated heterocycles. The molecule has 1 aromatic heterocycles. The Morgan fingerprint density at radius 2 is 2.00 bits per heavy atom. The minimum atomic E-state index is -0.124. The van der Waals surface area contributed by atoms with Gasteiger partial charge in [-0.25, -0.2) is 0 Å². The minimum absolute atomic E-state index is 0.0294. The Morgan fingerprint density at radius 1 is 1.28 bits per heavy atom. The molecule has 1 aliphatic heterocycles. The summed E-state index contributed by atoms with van der Waals surface area (Å²) in [5.74, 6) is 1.20. The molecule has 0 N–H and O–H groups in total. The summed E-state index contributed by atoms with van der Waals surface area (Å²) in [5, 5.41) is 0. The standard InChI is InChI=1S/C14H20O4/c1-8-9(2)17-10(3)13(8)14(15)12-6-5-11(18-12)7-16-4/h5-6,8-10,13H,7H2,1-4H3. The average molecular weight is 252 g/mol. The summed E-state index contributed by atoms with van der Waals surface area (Å²) in [4.78, 5) is 12.4. The zero-order chi connectivity index (χ0) is 13.3. The van der Waals surface area contributed by atoms with E-state index < -0.39 is 0 Å². The van der Waals surface area contributed by atoms with Crippen LogP contribution in [0.15, 0.2) is 16.5 Å². The van der Waals surface area contributed by atoms with E-state index in [2.05, 4.69) is 6.92 Å². The van der Waals surface area contributed by atoms with Crippen LogP contribution in [0.25, 0.3) is 0 Å². The van der Waals surface area contributed by atoms with E-state index >= 15 is 0 Å². The van der Waals surface area contributed by atoms with Crippen molar-refractivity contribution in [3.05, 3.63) is 23.7 Å². The fourth-order valence-electron chi connectivity index (χ4n) is 2.61. The Kier molecular flexibility index (Phi) is 3.88. The molecule has 4 nitrogen and oxygen atoms in total. The van der Waals surface area contributed by atoms with Crippen molar-refractivity contribution in [2.75, 3.05) is 7.11 Å². The molecule has 0 aromatic carbocycles. The van der Waals surface area contributed by atoms with Gasteiger partial charge in [0.15, 0.2) is 5.76 Å². The molecule has 0 aliphatic carbocycles. The number of carbonyl (C=O) groups excluding carboxylic acids is 1. The molecule has 0 radical (unpaired) electrons. The second-order valence-electron chi connectivity index (χ2n) is 4.99. The monoisotopic (exact) mass is 252 g/mol. The van der Waals surface area contributed by atoms with Gasteiger partial charge in [-0.2, -0.15) is 0 Å². The number of carbonyl (C=O) groups is 1. The van der Waals surface area contributed by atoms with Crippen molar-refractivity contribution >= 4 is 5.78 Å². The summed E-state index contributed by atoms with van der Waals surface area (Å²) in [6.45, 7) is 6.39. The molecule has 1 fully saturated rings. The lowest BCUT2D eigenvalue weighted by atomic mass is 9.85. The lowest BCUT2D eigenvalue weighted by Crippen LogP contribution is -2.26. The smallest absolute Gasteiger partial charge is 0.204 e. The molecule has 18 heavy (non-hydrogen) atoms. The van der Waals surface area contributed by atoms with Gasteiger partial charge in [-0.1, -0.05) is 6.92 Å². The topological polar surface area (TPSA) is 48.7 Å². The molecule has 2 rings (SSSR count). The van der Waals surface area contributed by atoms with E-state index in [9.17, 15) is 4.79 Å². The van der Waals surface area contributed by atoms with Crippen LogP contribution in [0, 0.1) is 11.8 Å². The maximum absolute atomic E-state index is 12.4. The molecule has 0 spiro atoms. The van der Waals surface area contributed by atoms with E-state index in [-0.39, 0.29) is 29.8 Å². The third-order valence-electron chi connectivity index (χ3n) is 3.74. The van der Waals surface area contributed by atoms with E-state index in [1.165, 1.54) is 0 Å². The van der Waals surface area contributed by atoms with Crippen molar-refractivity contribution in [3.63, 3.8) is 0 Å². The quantitative estimate of drug-likeness (QED) is 0.773. The Bertz CT molecular complexity index is 423. The van der Waals surface area contributed by atoms with Crippen molar-refractivity contribution in [2.45, 2.75) is 39.6 Å². The molecule has 4 unspecified atom stereocenters. The van der Waals surface area contributed by atoms with Crippen molar-refractivity contribution < 1.29 is 18.7 Å². The van der Waals surface area contributed by atoms with Gasteiger partial charge in [-0.15, -0.1) is 0 Å². The van der Waals surface area contributed by atoms with Crippen LogP contribution < -0.4 is 0 Å². The van der Waals surface area contributed by atoms with Crippen LogP contribution in [0.3, 0.4) is 0 Å². The molecule has 0 bridgehead atoms. The number of rotatable bonds is 4. The van der Waals surface area contributed by atoms with Crippen LogP contribution in [-0.2, 0) is 16.1 Å². The largest absolute Gasteiger partial charge is 0.456 e. The Balaban J connectivity index is 2.15. The second-order valence-corrected chi connectivity index (χ2v) is 4.99. The highest BCUT2D eigenvalue weighted by Crippen LogP contribution is 2.34. The number of furan rings is 1. The van der Waals surface area contributed by atoms with E-state index in [1.54, 1.807) is 19.2 Å². The summed E-state index contributed by atoms with van der Waals surface area (Å²) in [5.41, 5.74) is 0. The normalized spacial score (nSPS) is 31.8. The first-order chi connectivity index (χ1) is 8.54. The summed E-state index contributed by atoms with van der Waals surface area (Å²) < 4.78 is 16.2. The molecule has 100 valence electrons. The van der Waals surface area contributed by atoms with Gasteiger partial charge in [0.05, 0.1) is 18.1 Å². The molecule has 4 atom stereocenters. The van der Waals surface area contributed by atoms with Crippen LogP contribution in [0.4, 0.5) is 0 Å². The summed E-state index contributed by atoms with van der Waals surface area (Å²) >= 11 is 0. The van der Waals surface area contributed by atoms with Crippen molar-refractivity contribution in [1.29, 1.82) is 0 Å². The average Bonchev–Trinajstić information content (AvgIpc) is 2.86. The summed E-state index contributed by atoms with van der Waals surface area (Å²) in [6, 6.07) is 3.50. The number of hydrogen-bond acceptors (Lipinski definition) is 4. The third-order valence-corrected chi connectivity index (χ3v) is 3.74. The Hall–Kier alpha value is -1.13. The SMILES string of the molecule is COCc1ccc(C(=O)C2C(C)OC(C)C2C)o1. The van der Waals surface area contributed by atoms with Crippen LogP contribution in [0.2, 0.25) is 0 Å². The second kappa shape index (κ2) is 5.24. The predicted octanol–water partition coefficient (Wildman–Crippen LogP) is 2.67. The van der Waals surface area contributed by atoms with Gasteiger partial charge in [0.1, 0.15) is 12.4 Å². The first kappa shape index (κ1) is 13.3. The lowest BCUT2D eigenvalue weighted by Gasteiger charge is -2.15. The molecular formula is C14H20O4. The summed E-state index contributed by atoms with van der Waals surface area (Å²) in [7, 11) is 1.60. The number of Topliss-reactive ketones (excluding diaryl/α,β-unsaturated/α-hetero) is 1. The molecule has 2 heterocycles. The molecule has 1 aliphatic rings. The number of methoxy groups -OCH3 is 1. The van der Waals surface area contributed by atoms with E-state index in [0.717, 1.165) is 0 Å². The molecule has 0 saturated carbocycles. The molecule has 1 aromatic rings. The number of ketones is 1. The predicted molar refractivity (Wildman–Crippen MR) is 66.4 cm³/mol. The van der Waals surface area contributed by atoms with Crippen LogP contribution >= 0.6 is 0 Å². The Morgan fingerprint density at radius 3 is 2.56 bits per heavy atom. The zero-order valence-corrected chi connectivity index (χ0v) is 11.3. The Labute approximate surface area is 107 Å². The molecular weight excluding hydrogens is 232 g/mol. The summed E-state index contributed by atoms with van der Waals surface area (Å²) in [6.07, 6.45) is 0.0563. The van der Waals surface area contributed by atoms with Gasteiger partial charge in [0, 0.05) is 7.11 Å². The zero-order valence-electron chi connectivity index (χ0n) is 11.3. The molecule has 0 amide bonds. The number of hydrogen-bond donors (Lipinski definition) is 0. The van der Waals surface area contributed by atoms with Crippen molar-refractivity contribution in [1.82, 2.24) is 0 Å². The van der Waals surface area contributed by atoms with Crippen LogP contribution in [-0.4, -0.2) is 25.1 Å². The first-order valence-corrected chi connectivity index (χ1v) is 6.32. The van der Waals surface area contributed by atoms with Gasteiger partial charge in [0.25, 0.3) is 0 Å². The van der Waals surface area contributed by atoms with E-state index in [4.69, 9.17) is 13.9 Å². The van der Waals surface area contributed by atoms with Crippen molar-refractivity contribution in [3.8, 4) is 0 Å². The van der Waals surface area contributed by atoms with Gasteiger partial charge in [0.2, 0.25) is 5.78 Å². The fraction of sp³-hybridized carbons (Fsp3) is 0.643. The maximum Gasteiger partial charge on any atom is 0.204 e. The molecule has 4 heteroatoms. The fourth-order valence-corrected chi connectivity index (χ4v) is 2.61. The third kappa shape index (κ3) is 2.35. The lowest BCUT2D eigenvalue weighted by molar-refractivity contribution is 0.0483. The van der Waals surface area contributed by atoms with Gasteiger partial charge < -0.3 is 13.9 Å². The maximum atomic E-state index is 12.4. The van der Waals surface area contributed by atoms with Crippen LogP contribution in [0.1, 0.15) is 37.1 Å². The first-order valence-electron chi connectivity index (χ1n) is 6.32. The van der Waals surface area contributed by atoms with Gasteiger partial charge in [-0.05, 0) is 31.9 Å². The van der Waals surface area contributed by atoms with Crippen LogP contribution in [0.5, 0.6) is 0 Å². The highest BCUT2D eigenvalue weighted by atomic mass is 16.5.